The van der Waals surface area contributed by atoms with E-state index >= 15 is 0 Å². The Kier molecular flexibility index (Phi) is 7.30. The van der Waals surface area contributed by atoms with Crippen molar-refractivity contribution in [1.82, 2.24) is 14.4 Å². The largest absolute Gasteiger partial charge is 0.416 e. The molecule has 2 aliphatic rings. The van der Waals surface area contributed by atoms with Crippen molar-refractivity contribution in [2.24, 2.45) is 5.92 Å². The normalized spacial score (nSPS) is 15.9. The number of ether oxygens (including phenoxy) is 1. The lowest BCUT2D eigenvalue weighted by molar-refractivity contribution is -0.142. The number of methoxy groups -OCH3 is 1. The van der Waals surface area contributed by atoms with Gasteiger partial charge >= 0.3 is 6.18 Å². The first-order valence-electron chi connectivity index (χ1n) is 11.6. The van der Waals surface area contributed by atoms with E-state index in [1.54, 1.807) is 29.2 Å². The molecule has 2 saturated carbocycles. The van der Waals surface area contributed by atoms with Gasteiger partial charge in [-0.3, -0.25) is 9.59 Å². The molecule has 2 amide bonds. The number of amides is 2. The van der Waals surface area contributed by atoms with Crippen molar-refractivity contribution in [1.29, 1.82) is 0 Å². The maximum atomic E-state index is 13.2. The van der Waals surface area contributed by atoms with Crippen LogP contribution in [0.1, 0.15) is 42.5 Å². The van der Waals surface area contributed by atoms with E-state index in [2.05, 4.69) is 0 Å². The van der Waals surface area contributed by atoms with E-state index in [1.807, 2.05) is 16.7 Å². The van der Waals surface area contributed by atoms with Crippen LogP contribution in [0.4, 0.5) is 13.2 Å². The highest BCUT2D eigenvalue weighted by atomic mass is 19.4. The van der Waals surface area contributed by atoms with Gasteiger partial charge in [-0.05, 0) is 55.5 Å². The molecule has 184 valence electrons. The van der Waals surface area contributed by atoms with Gasteiger partial charge < -0.3 is 19.1 Å². The van der Waals surface area contributed by atoms with Crippen molar-refractivity contribution in [3.63, 3.8) is 0 Å². The molecular weight excluding hydrogens is 447 g/mol. The highest BCUT2D eigenvalue weighted by molar-refractivity contribution is 5.87. The fourth-order valence-corrected chi connectivity index (χ4v) is 4.06. The lowest BCUT2D eigenvalue weighted by Crippen LogP contribution is -2.45. The molecule has 0 spiro atoms. The van der Waals surface area contributed by atoms with Crippen LogP contribution < -0.4 is 0 Å². The number of benzene rings is 1. The molecule has 2 fully saturated rings. The molecule has 34 heavy (non-hydrogen) atoms. The summed E-state index contributed by atoms with van der Waals surface area (Å²) in [6.45, 7) is 1.30. The van der Waals surface area contributed by atoms with Gasteiger partial charge in [-0.2, -0.15) is 13.2 Å². The van der Waals surface area contributed by atoms with Crippen LogP contribution in [-0.4, -0.2) is 59.0 Å². The number of hydrogen-bond donors (Lipinski definition) is 0. The minimum Gasteiger partial charge on any atom is -0.383 e. The fourth-order valence-electron chi connectivity index (χ4n) is 4.06. The summed E-state index contributed by atoms with van der Waals surface area (Å²) in [7, 11) is 1.56. The third-order valence-electron chi connectivity index (χ3n) is 6.30. The molecular formula is C25H30F3N3O3. The van der Waals surface area contributed by atoms with E-state index in [1.165, 1.54) is 6.07 Å². The van der Waals surface area contributed by atoms with Crippen molar-refractivity contribution >= 4 is 11.8 Å². The predicted molar refractivity (Wildman–Crippen MR) is 120 cm³/mol. The van der Waals surface area contributed by atoms with Crippen LogP contribution in [-0.2, 0) is 33.6 Å². The smallest absolute Gasteiger partial charge is 0.383 e. The van der Waals surface area contributed by atoms with Gasteiger partial charge in [0.2, 0.25) is 11.8 Å². The Morgan fingerprint density at radius 2 is 1.88 bits per heavy atom. The molecule has 0 aliphatic heterocycles. The Labute approximate surface area is 197 Å². The van der Waals surface area contributed by atoms with Crippen molar-refractivity contribution < 1.29 is 27.5 Å². The van der Waals surface area contributed by atoms with Crippen LogP contribution in [0.5, 0.6) is 0 Å². The van der Waals surface area contributed by atoms with Gasteiger partial charge in [-0.25, -0.2) is 0 Å². The summed E-state index contributed by atoms with van der Waals surface area (Å²) < 4.78 is 46.3. The molecule has 1 heterocycles. The highest BCUT2D eigenvalue weighted by Gasteiger charge is 2.41. The molecule has 0 unspecified atom stereocenters. The van der Waals surface area contributed by atoms with Crippen molar-refractivity contribution in [3.8, 4) is 0 Å². The Bertz CT molecular complexity index is 1010. The lowest BCUT2D eigenvalue weighted by Gasteiger charge is -2.28. The summed E-state index contributed by atoms with van der Waals surface area (Å²) in [6.07, 6.45) is 1.05. The van der Waals surface area contributed by atoms with Crippen molar-refractivity contribution in [2.45, 2.75) is 51.0 Å². The molecule has 0 N–H and O–H groups in total. The zero-order valence-electron chi connectivity index (χ0n) is 19.3. The van der Waals surface area contributed by atoms with Crippen molar-refractivity contribution in [2.75, 3.05) is 26.8 Å². The Hall–Kier alpha value is -2.81. The Balaban J connectivity index is 1.46. The summed E-state index contributed by atoms with van der Waals surface area (Å²) in [5.74, 6) is -0.00856. The van der Waals surface area contributed by atoms with Crippen molar-refractivity contribution in [3.05, 3.63) is 59.4 Å². The van der Waals surface area contributed by atoms with Crippen LogP contribution >= 0.6 is 0 Å². The highest BCUT2D eigenvalue weighted by Crippen LogP contribution is 2.36. The average molecular weight is 478 g/mol. The number of hydrogen-bond acceptors (Lipinski definition) is 3. The number of nitrogens with zero attached hydrogens (tertiary/aromatic N) is 3. The molecule has 1 aromatic carbocycles. The molecule has 1 aromatic heterocycles. The third-order valence-corrected chi connectivity index (χ3v) is 6.30. The maximum Gasteiger partial charge on any atom is 0.416 e. The summed E-state index contributed by atoms with van der Waals surface area (Å²) in [5.41, 5.74) is 0.640. The van der Waals surface area contributed by atoms with Gasteiger partial charge in [0.05, 0.1) is 18.7 Å². The molecule has 2 aromatic rings. The number of carbonyl (C=O) groups excluding carboxylic acids is 2. The molecule has 6 nitrogen and oxygen atoms in total. The van der Waals surface area contributed by atoms with E-state index in [9.17, 15) is 22.8 Å². The standard InChI is InChI=1S/C25H30F3N3O3/c1-34-13-12-30(23(32)17-31(21-9-10-21)24(33)19-7-8-19)16-22-6-3-11-29(22)15-18-4-2-5-20(14-18)25(26,27)28/h2-6,11,14,19,21H,7-10,12-13,15-17H2,1H3. The number of rotatable bonds is 11. The van der Waals surface area contributed by atoms with Gasteiger partial charge in [0.25, 0.3) is 0 Å². The molecule has 0 radical (unpaired) electrons. The molecule has 2 aliphatic carbocycles. The second-order valence-electron chi connectivity index (χ2n) is 9.11. The van der Waals surface area contributed by atoms with Gasteiger partial charge in [0, 0.05) is 44.0 Å². The molecule has 0 bridgehead atoms. The summed E-state index contributed by atoms with van der Waals surface area (Å²) >= 11 is 0. The van der Waals surface area contributed by atoms with E-state index < -0.39 is 11.7 Å². The number of aromatic nitrogens is 1. The van der Waals surface area contributed by atoms with Gasteiger partial charge in [0.15, 0.2) is 0 Å². The first-order chi connectivity index (χ1) is 16.3. The van der Waals surface area contributed by atoms with Crippen LogP contribution in [0.2, 0.25) is 0 Å². The van der Waals surface area contributed by atoms with E-state index in [0.717, 1.165) is 43.5 Å². The van der Waals surface area contributed by atoms with Gasteiger partial charge in [-0.15, -0.1) is 0 Å². The fraction of sp³-hybridized carbons (Fsp3) is 0.520. The minimum atomic E-state index is -4.40. The Morgan fingerprint density at radius 3 is 2.53 bits per heavy atom. The Morgan fingerprint density at radius 1 is 1.12 bits per heavy atom. The first-order valence-corrected chi connectivity index (χ1v) is 11.6. The van der Waals surface area contributed by atoms with Gasteiger partial charge in [0.1, 0.15) is 6.54 Å². The number of alkyl halides is 3. The van der Waals surface area contributed by atoms with E-state index in [-0.39, 0.29) is 43.4 Å². The molecule has 9 heteroatoms. The van der Waals surface area contributed by atoms with Gasteiger partial charge in [-0.1, -0.05) is 12.1 Å². The lowest BCUT2D eigenvalue weighted by atomic mass is 10.1. The van der Waals surface area contributed by atoms with Crippen LogP contribution in [0.15, 0.2) is 42.6 Å². The summed E-state index contributed by atoms with van der Waals surface area (Å²) in [5, 5.41) is 0. The van der Waals surface area contributed by atoms with Crippen LogP contribution in [0, 0.1) is 5.92 Å². The second-order valence-corrected chi connectivity index (χ2v) is 9.11. The summed E-state index contributed by atoms with van der Waals surface area (Å²) in [4.78, 5) is 29.3. The SMILES string of the molecule is COCCN(Cc1cccn1Cc1cccc(C(F)(F)F)c1)C(=O)CN(C(=O)C1CC1)C1CC1. The van der Waals surface area contributed by atoms with Crippen LogP contribution in [0.3, 0.4) is 0 Å². The first kappa shape index (κ1) is 24.3. The minimum absolute atomic E-state index is 0.0536. The number of carbonyl (C=O) groups is 2. The van der Waals surface area contributed by atoms with E-state index in [4.69, 9.17) is 4.74 Å². The monoisotopic (exact) mass is 477 g/mol. The second kappa shape index (κ2) is 10.2. The summed E-state index contributed by atoms with van der Waals surface area (Å²) in [6, 6.07) is 9.09. The zero-order valence-corrected chi connectivity index (χ0v) is 19.3. The molecule has 0 atom stereocenters. The molecule has 4 rings (SSSR count). The zero-order chi connectivity index (χ0) is 24.3. The van der Waals surface area contributed by atoms with E-state index in [0.29, 0.717) is 18.7 Å². The average Bonchev–Trinajstić information content (AvgIpc) is 3.72. The maximum absolute atomic E-state index is 13.2. The third kappa shape index (κ3) is 6.20. The number of halogens is 3. The molecule has 0 saturated heterocycles. The quantitative estimate of drug-likeness (QED) is 0.493. The predicted octanol–water partition coefficient (Wildman–Crippen LogP) is 3.93. The topological polar surface area (TPSA) is 54.8 Å². The van der Waals surface area contributed by atoms with Crippen LogP contribution in [0.25, 0.3) is 0 Å².